The molecule has 6 heteroatoms. The Morgan fingerprint density at radius 3 is 2.16 bits per heavy atom. The third-order valence-electron chi connectivity index (χ3n) is 3.54. The number of carbonyl (C=O) groups excluding carboxylic acids is 2. The van der Waals surface area contributed by atoms with Crippen molar-refractivity contribution in [2.45, 2.75) is 32.4 Å². The van der Waals surface area contributed by atoms with Crippen LogP contribution in [0.4, 0.5) is 9.59 Å². The van der Waals surface area contributed by atoms with Gasteiger partial charge in [-0.15, -0.1) is 0 Å². The number of nitrogens with one attached hydrogen (secondary N) is 1. The highest BCUT2D eigenvalue weighted by molar-refractivity contribution is 5.75. The number of hydrogen-bond acceptors (Lipinski definition) is 3. The Kier molecular flexibility index (Phi) is 3.36. The molecule has 2 fully saturated rings. The molecule has 0 radical (unpaired) electrons. The number of likely N-dealkylation sites (tertiary alicyclic amines) is 1. The van der Waals surface area contributed by atoms with E-state index in [0.717, 1.165) is 0 Å². The molecule has 1 aliphatic heterocycles. The fourth-order valence-corrected chi connectivity index (χ4v) is 2.49. The van der Waals surface area contributed by atoms with E-state index in [-0.39, 0.29) is 18.2 Å². The molecule has 1 saturated carbocycles. The molecule has 0 aromatic rings. The maximum atomic E-state index is 11.9. The Morgan fingerprint density at radius 1 is 1.21 bits per heavy atom. The molecule has 0 aromatic carbocycles. The predicted molar refractivity (Wildman–Crippen MR) is 70.8 cm³/mol. The summed E-state index contributed by atoms with van der Waals surface area (Å²) in [6.45, 7) is 6.95. The molecule has 2 rings (SSSR count). The van der Waals surface area contributed by atoms with Crippen molar-refractivity contribution >= 4 is 12.1 Å². The third kappa shape index (κ3) is 3.11. The van der Waals surface area contributed by atoms with Crippen molar-refractivity contribution in [1.29, 1.82) is 0 Å². The fourth-order valence-electron chi connectivity index (χ4n) is 2.49. The summed E-state index contributed by atoms with van der Waals surface area (Å²) in [5.74, 6) is 0.771. The molecule has 3 amide bonds. The number of urea groups is 1. The van der Waals surface area contributed by atoms with Gasteiger partial charge in [-0.3, -0.25) is 0 Å². The first-order valence-corrected chi connectivity index (χ1v) is 6.65. The molecule has 1 aliphatic carbocycles. The maximum Gasteiger partial charge on any atom is 0.410 e. The molecule has 1 N–H and O–H groups in total. The Bertz CT molecular complexity index is 377. The van der Waals surface area contributed by atoms with Crippen molar-refractivity contribution < 1.29 is 14.3 Å². The molecule has 2 unspecified atom stereocenters. The van der Waals surface area contributed by atoms with Crippen LogP contribution in [0.1, 0.15) is 20.8 Å². The van der Waals surface area contributed by atoms with Gasteiger partial charge in [0.2, 0.25) is 0 Å². The van der Waals surface area contributed by atoms with Crippen LogP contribution in [0.25, 0.3) is 0 Å². The zero-order valence-electron chi connectivity index (χ0n) is 12.3. The molecule has 0 aromatic heterocycles. The molecule has 108 valence electrons. The van der Waals surface area contributed by atoms with Crippen LogP contribution in [0.5, 0.6) is 0 Å². The van der Waals surface area contributed by atoms with Gasteiger partial charge >= 0.3 is 12.1 Å². The van der Waals surface area contributed by atoms with Gasteiger partial charge in [0.25, 0.3) is 0 Å². The van der Waals surface area contributed by atoms with Crippen LogP contribution in [0, 0.1) is 11.8 Å². The topological polar surface area (TPSA) is 61.9 Å². The highest BCUT2D eigenvalue weighted by Gasteiger charge is 2.58. The van der Waals surface area contributed by atoms with Crippen molar-refractivity contribution in [2.24, 2.45) is 11.8 Å². The van der Waals surface area contributed by atoms with E-state index in [1.807, 2.05) is 20.8 Å². The van der Waals surface area contributed by atoms with Crippen molar-refractivity contribution in [1.82, 2.24) is 15.1 Å². The van der Waals surface area contributed by atoms with E-state index < -0.39 is 5.60 Å². The minimum atomic E-state index is -0.456. The lowest BCUT2D eigenvalue weighted by Crippen LogP contribution is -2.42. The number of carbonyl (C=O) groups is 2. The van der Waals surface area contributed by atoms with Crippen molar-refractivity contribution in [2.75, 3.05) is 27.2 Å². The molecule has 1 heterocycles. The van der Waals surface area contributed by atoms with E-state index >= 15 is 0 Å². The van der Waals surface area contributed by atoms with Gasteiger partial charge in [0.1, 0.15) is 5.60 Å². The van der Waals surface area contributed by atoms with Crippen LogP contribution >= 0.6 is 0 Å². The van der Waals surface area contributed by atoms with Crippen molar-refractivity contribution in [3.05, 3.63) is 0 Å². The fraction of sp³-hybridized carbons (Fsp3) is 0.846. The highest BCUT2D eigenvalue weighted by Crippen LogP contribution is 2.45. The monoisotopic (exact) mass is 269 g/mol. The lowest BCUT2D eigenvalue weighted by Gasteiger charge is -2.26. The van der Waals surface area contributed by atoms with E-state index in [1.165, 1.54) is 4.90 Å². The molecule has 1 saturated heterocycles. The first kappa shape index (κ1) is 14.0. The first-order valence-electron chi connectivity index (χ1n) is 6.65. The summed E-state index contributed by atoms with van der Waals surface area (Å²) in [4.78, 5) is 26.7. The molecule has 2 atom stereocenters. The normalized spacial score (nSPS) is 28.7. The van der Waals surface area contributed by atoms with E-state index in [2.05, 4.69) is 5.32 Å². The number of rotatable bonds is 1. The summed E-state index contributed by atoms with van der Waals surface area (Å²) in [5.41, 5.74) is -0.456. The van der Waals surface area contributed by atoms with Gasteiger partial charge < -0.3 is 19.9 Å². The molecule has 0 bridgehead atoms. The highest BCUT2D eigenvalue weighted by atomic mass is 16.6. The van der Waals surface area contributed by atoms with Crippen LogP contribution in [-0.2, 0) is 4.74 Å². The van der Waals surface area contributed by atoms with Gasteiger partial charge in [-0.05, 0) is 20.8 Å². The molecular formula is C13H23N3O3. The SMILES string of the molecule is CN(C)C(=O)NC1C2CN(C(=O)OC(C)(C)C)CC21. The van der Waals surface area contributed by atoms with E-state index in [0.29, 0.717) is 24.9 Å². The maximum absolute atomic E-state index is 11.9. The van der Waals surface area contributed by atoms with Gasteiger partial charge in [-0.25, -0.2) is 9.59 Å². The quantitative estimate of drug-likeness (QED) is 0.776. The van der Waals surface area contributed by atoms with Gasteiger partial charge in [-0.1, -0.05) is 0 Å². The zero-order chi connectivity index (χ0) is 14.4. The van der Waals surface area contributed by atoms with Crippen LogP contribution < -0.4 is 5.32 Å². The zero-order valence-corrected chi connectivity index (χ0v) is 12.3. The summed E-state index contributed by atoms with van der Waals surface area (Å²) in [6, 6.07) is 0.150. The van der Waals surface area contributed by atoms with E-state index in [1.54, 1.807) is 19.0 Å². The van der Waals surface area contributed by atoms with Gasteiger partial charge in [-0.2, -0.15) is 0 Å². The van der Waals surface area contributed by atoms with Crippen LogP contribution in [0.15, 0.2) is 0 Å². The Labute approximate surface area is 114 Å². The summed E-state index contributed by atoms with van der Waals surface area (Å²) in [5, 5.41) is 2.97. The lowest BCUT2D eigenvalue weighted by atomic mass is 10.2. The minimum Gasteiger partial charge on any atom is -0.444 e. The summed E-state index contributed by atoms with van der Waals surface area (Å²) in [6.07, 6.45) is -0.252. The Balaban J connectivity index is 1.78. The first-order chi connectivity index (χ1) is 8.69. The second-order valence-corrected chi connectivity index (χ2v) is 6.58. The van der Waals surface area contributed by atoms with E-state index in [9.17, 15) is 9.59 Å². The number of nitrogens with zero attached hydrogens (tertiary/aromatic N) is 2. The number of fused-ring (bicyclic) bond motifs is 1. The van der Waals surface area contributed by atoms with Gasteiger partial charge in [0, 0.05) is 45.1 Å². The van der Waals surface area contributed by atoms with Crippen LogP contribution in [0.2, 0.25) is 0 Å². The van der Waals surface area contributed by atoms with Crippen LogP contribution in [-0.4, -0.2) is 60.8 Å². The largest absolute Gasteiger partial charge is 0.444 e. The lowest BCUT2D eigenvalue weighted by molar-refractivity contribution is 0.0270. The van der Waals surface area contributed by atoms with Crippen LogP contribution in [0.3, 0.4) is 0 Å². The Morgan fingerprint density at radius 2 is 1.74 bits per heavy atom. The summed E-state index contributed by atoms with van der Waals surface area (Å²) in [7, 11) is 3.45. The predicted octanol–water partition coefficient (Wildman–Crippen LogP) is 1.12. The van der Waals surface area contributed by atoms with Gasteiger partial charge in [0.05, 0.1) is 0 Å². The molecule has 0 spiro atoms. The van der Waals surface area contributed by atoms with Gasteiger partial charge in [0.15, 0.2) is 0 Å². The smallest absolute Gasteiger partial charge is 0.410 e. The molecular weight excluding hydrogens is 246 g/mol. The number of ether oxygens (including phenoxy) is 1. The second-order valence-electron chi connectivity index (χ2n) is 6.58. The number of hydrogen-bond donors (Lipinski definition) is 1. The van der Waals surface area contributed by atoms with E-state index in [4.69, 9.17) is 4.74 Å². The molecule has 6 nitrogen and oxygen atoms in total. The standard InChI is InChI=1S/C13H23N3O3/c1-13(2,3)19-12(18)16-6-8-9(7-16)10(8)14-11(17)15(4)5/h8-10H,6-7H2,1-5H3,(H,14,17). The third-order valence-corrected chi connectivity index (χ3v) is 3.54. The van der Waals surface area contributed by atoms with Crippen molar-refractivity contribution in [3.8, 4) is 0 Å². The summed E-state index contributed by atoms with van der Waals surface area (Å²) < 4.78 is 5.34. The Hall–Kier alpha value is -1.46. The average molecular weight is 269 g/mol. The molecule has 2 aliphatic rings. The number of amides is 3. The summed E-state index contributed by atoms with van der Waals surface area (Å²) >= 11 is 0. The minimum absolute atomic E-state index is 0.0665. The number of piperidine rings is 1. The average Bonchev–Trinajstić information content (AvgIpc) is 2.72. The van der Waals surface area contributed by atoms with Crippen molar-refractivity contribution in [3.63, 3.8) is 0 Å². The molecule has 19 heavy (non-hydrogen) atoms. The second kappa shape index (κ2) is 4.58.